The molecule has 102 valence electrons. The van der Waals surface area contributed by atoms with Crippen molar-refractivity contribution in [3.8, 4) is 0 Å². The van der Waals surface area contributed by atoms with Gasteiger partial charge in [0.15, 0.2) is 0 Å². The number of piperidine rings is 1. The summed E-state index contributed by atoms with van der Waals surface area (Å²) >= 11 is 0. The first-order chi connectivity index (χ1) is 8.66. The summed E-state index contributed by atoms with van der Waals surface area (Å²) in [6.07, 6.45) is 1.17. The van der Waals surface area contributed by atoms with Gasteiger partial charge in [-0.25, -0.2) is 0 Å². The number of nitrogens with zero attached hydrogens (tertiary/aromatic N) is 2. The molecule has 6 nitrogen and oxygen atoms in total. The summed E-state index contributed by atoms with van der Waals surface area (Å²) in [4.78, 5) is 26.9. The van der Waals surface area contributed by atoms with Gasteiger partial charge < -0.3 is 15.3 Å². The molecular formula is C12H21N3O3. The largest absolute Gasteiger partial charge is 0.481 e. The van der Waals surface area contributed by atoms with Gasteiger partial charge in [-0.05, 0) is 12.8 Å². The predicted octanol–water partition coefficient (Wildman–Crippen LogP) is -0.785. The van der Waals surface area contributed by atoms with Crippen LogP contribution in [0.25, 0.3) is 0 Å². The highest BCUT2D eigenvalue weighted by Gasteiger charge is 2.27. The second-order valence-electron chi connectivity index (χ2n) is 5.02. The van der Waals surface area contributed by atoms with E-state index in [-0.39, 0.29) is 11.8 Å². The topological polar surface area (TPSA) is 72.9 Å². The molecule has 2 aliphatic rings. The number of carbonyl (C=O) groups is 2. The second kappa shape index (κ2) is 6.15. The number of rotatable bonds is 3. The second-order valence-corrected chi connectivity index (χ2v) is 5.02. The van der Waals surface area contributed by atoms with Crippen LogP contribution in [0.3, 0.4) is 0 Å². The maximum absolute atomic E-state index is 12.1. The van der Waals surface area contributed by atoms with Crippen LogP contribution in [0.2, 0.25) is 0 Å². The third-order valence-electron chi connectivity index (χ3n) is 3.77. The minimum atomic E-state index is -0.732. The Labute approximate surface area is 107 Å². The van der Waals surface area contributed by atoms with Crippen LogP contribution in [-0.4, -0.2) is 72.6 Å². The van der Waals surface area contributed by atoms with Crippen molar-refractivity contribution in [3.63, 3.8) is 0 Å². The van der Waals surface area contributed by atoms with Crippen LogP contribution in [0.5, 0.6) is 0 Å². The number of carboxylic acid groups (broad SMARTS) is 1. The molecule has 18 heavy (non-hydrogen) atoms. The quantitative estimate of drug-likeness (QED) is 0.692. The Morgan fingerprint density at radius 1 is 1.11 bits per heavy atom. The van der Waals surface area contributed by atoms with Gasteiger partial charge in [-0.15, -0.1) is 0 Å². The highest BCUT2D eigenvalue weighted by Crippen LogP contribution is 2.17. The summed E-state index contributed by atoms with van der Waals surface area (Å²) in [7, 11) is 0. The molecule has 0 radical (unpaired) electrons. The molecule has 0 spiro atoms. The lowest BCUT2D eigenvalue weighted by molar-refractivity contribution is -0.146. The van der Waals surface area contributed by atoms with Gasteiger partial charge in [0.05, 0.1) is 12.5 Å². The third kappa shape index (κ3) is 3.43. The van der Waals surface area contributed by atoms with Crippen molar-refractivity contribution in [2.24, 2.45) is 5.92 Å². The zero-order valence-corrected chi connectivity index (χ0v) is 10.6. The van der Waals surface area contributed by atoms with Crippen molar-refractivity contribution in [2.45, 2.75) is 12.8 Å². The van der Waals surface area contributed by atoms with Crippen LogP contribution in [0.1, 0.15) is 12.8 Å². The van der Waals surface area contributed by atoms with Gasteiger partial charge >= 0.3 is 5.97 Å². The first-order valence-electron chi connectivity index (χ1n) is 6.60. The molecule has 0 unspecified atom stereocenters. The van der Waals surface area contributed by atoms with E-state index in [9.17, 15) is 9.59 Å². The number of carbonyl (C=O) groups excluding carboxylic acids is 1. The van der Waals surface area contributed by atoms with E-state index in [1.165, 1.54) is 0 Å². The smallest absolute Gasteiger partial charge is 0.306 e. The summed E-state index contributed by atoms with van der Waals surface area (Å²) < 4.78 is 0. The Bertz CT molecular complexity index is 308. The molecule has 0 aliphatic carbocycles. The lowest BCUT2D eigenvalue weighted by atomic mass is 9.97. The molecule has 0 aromatic carbocycles. The summed E-state index contributed by atoms with van der Waals surface area (Å²) in [5, 5.41) is 12.2. The fraction of sp³-hybridized carbons (Fsp3) is 0.833. The first kappa shape index (κ1) is 13.3. The molecule has 2 rings (SSSR count). The van der Waals surface area contributed by atoms with Crippen molar-refractivity contribution in [2.75, 3.05) is 45.8 Å². The third-order valence-corrected chi connectivity index (χ3v) is 3.77. The lowest BCUT2D eigenvalue weighted by Crippen LogP contribution is -2.50. The molecule has 2 N–H and O–H groups in total. The molecule has 0 saturated carbocycles. The van der Waals surface area contributed by atoms with Gasteiger partial charge in [-0.2, -0.15) is 0 Å². The minimum Gasteiger partial charge on any atom is -0.481 e. The molecule has 0 atom stereocenters. The number of piperazine rings is 1. The van der Waals surface area contributed by atoms with Gasteiger partial charge in [0.25, 0.3) is 0 Å². The normalized spacial score (nSPS) is 23.0. The van der Waals surface area contributed by atoms with E-state index in [4.69, 9.17) is 5.11 Å². The fourth-order valence-corrected chi connectivity index (χ4v) is 2.54. The Balaban J connectivity index is 1.75. The lowest BCUT2D eigenvalue weighted by Gasteiger charge is -2.33. The molecule has 0 aromatic rings. The van der Waals surface area contributed by atoms with Crippen LogP contribution >= 0.6 is 0 Å². The number of amides is 1. The average molecular weight is 255 g/mol. The summed E-state index contributed by atoms with van der Waals surface area (Å²) in [6.45, 7) is 5.35. The van der Waals surface area contributed by atoms with E-state index in [2.05, 4.69) is 10.2 Å². The van der Waals surface area contributed by atoms with Crippen LogP contribution in [0.4, 0.5) is 0 Å². The highest BCUT2D eigenvalue weighted by atomic mass is 16.4. The number of likely N-dealkylation sites (tertiary alicyclic amines) is 1. The monoisotopic (exact) mass is 255 g/mol. The summed E-state index contributed by atoms with van der Waals surface area (Å²) in [5.74, 6) is -0.863. The number of carboxylic acids is 1. The Hall–Kier alpha value is -1.14. The summed E-state index contributed by atoms with van der Waals surface area (Å²) in [5.41, 5.74) is 0. The summed E-state index contributed by atoms with van der Waals surface area (Å²) in [6, 6.07) is 0. The Morgan fingerprint density at radius 2 is 1.72 bits per heavy atom. The van der Waals surface area contributed by atoms with Crippen LogP contribution in [-0.2, 0) is 9.59 Å². The van der Waals surface area contributed by atoms with Gasteiger partial charge in [-0.1, -0.05) is 0 Å². The molecule has 2 aliphatic heterocycles. The SMILES string of the molecule is O=C(O)C1CCN(C(=O)CN2CCNCC2)CC1. The Morgan fingerprint density at radius 3 is 2.28 bits per heavy atom. The van der Waals surface area contributed by atoms with E-state index < -0.39 is 5.97 Å². The first-order valence-corrected chi connectivity index (χ1v) is 6.60. The maximum Gasteiger partial charge on any atom is 0.306 e. The number of nitrogens with one attached hydrogen (secondary N) is 1. The van der Waals surface area contributed by atoms with Gasteiger partial charge in [-0.3, -0.25) is 14.5 Å². The molecule has 2 fully saturated rings. The van der Waals surface area contributed by atoms with Crippen molar-refractivity contribution < 1.29 is 14.7 Å². The van der Waals surface area contributed by atoms with Gasteiger partial charge in [0, 0.05) is 39.3 Å². The molecular weight excluding hydrogens is 234 g/mol. The fourth-order valence-electron chi connectivity index (χ4n) is 2.54. The van der Waals surface area contributed by atoms with E-state index >= 15 is 0 Å². The van der Waals surface area contributed by atoms with Crippen molar-refractivity contribution in [3.05, 3.63) is 0 Å². The predicted molar refractivity (Wildman–Crippen MR) is 66.2 cm³/mol. The van der Waals surface area contributed by atoms with Crippen LogP contribution in [0, 0.1) is 5.92 Å². The van der Waals surface area contributed by atoms with E-state index in [0.29, 0.717) is 32.5 Å². The standard InChI is InChI=1S/C12H21N3O3/c16-11(9-14-7-3-13-4-8-14)15-5-1-10(2-6-15)12(17)18/h10,13H,1-9H2,(H,17,18). The number of hydrogen-bond acceptors (Lipinski definition) is 4. The van der Waals surface area contributed by atoms with Crippen LogP contribution in [0.15, 0.2) is 0 Å². The number of hydrogen-bond donors (Lipinski definition) is 2. The van der Waals surface area contributed by atoms with E-state index in [1.54, 1.807) is 0 Å². The van der Waals surface area contributed by atoms with Crippen molar-refractivity contribution >= 4 is 11.9 Å². The Kier molecular flexibility index (Phi) is 4.54. The van der Waals surface area contributed by atoms with E-state index in [0.717, 1.165) is 26.2 Å². The van der Waals surface area contributed by atoms with Crippen molar-refractivity contribution in [1.82, 2.24) is 15.1 Å². The molecule has 0 bridgehead atoms. The molecule has 2 saturated heterocycles. The van der Waals surface area contributed by atoms with Crippen molar-refractivity contribution in [1.29, 1.82) is 0 Å². The number of aliphatic carboxylic acids is 1. The van der Waals surface area contributed by atoms with E-state index in [1.807, 2.05) is 4.90 Å². The van der Waals surface area contributed by atoms with Gasteiger partial charge in [0.2, 0.25) is 5.91 Å². The molecule has 6 heteroatoms. The average Bonchev–Trinajstić information content (AvgIpc) is 2.40. The molecule has 1 amide bonds. The van der Waals surface area contributed by atoms with Crippen LogP contribution < -0.4 is 5.32 Å². The zero-order chi connectivity index (χ0) is 13.0. The maximum atomic E-state index is 12.1. The molecule has 2 heterocycles. The van der Waals surface area contributed by atoms with Gasteiger partial charge in [0.1, 0.15) is 0 Å². The zero-order valence-electron chi connectivity index (χ0n) is 10.6. The highest BCUT2D eigenvalue weighted by molar-refractivity contribution is 5.79. The molecule has 0 aromatic heterocycles. The minimum absolute atomic E-state index is 0.140.